The topological polar surface area (TPSA) is 92.7 Å². The summed E-state index contributed by atoms with van der Waals surface area (Å²) in [7, 11) is 0. The number of aromatic amines is 1. The molecule has 2 aromatic heterocycles. The fourth-order valence-corrected chi connectivity index (χ4v) is 3.27. The number of hydrogen-bond donors (Lipinski definition) is 2. The molecule has 1 aromatic carbocycles. The van der Waals surface area contributed by atoms with Crippen LogP contribution in [0.4, 0.5) is 0 Å². The minimum Gasteiger partial charge on any atom is -0.344 e. The first-order valence-electron chi connectivity index (χ1n) is 8.26. The molecule has 0 aliphatic rings. The predicted molar refractivity (Wildman–Crippen MR) is 95.6 cm³/mol. The third kappa shape index (κ3) is 2.93. The first-order valence-corrected chi connectivity index (χ1v) is 8.26. The summed E-state index contributed by atoms with van der Waals surface area (Å²) in [5.74, 6) is -0.331. The molecule has 3 rings (SSSR count). The lowest BCUT2D eigenvalue weighted by Crippen LogP contribution is -2.29. The second-order valence-electron chi connectivity index (χ2n) is 6.04. The zero-order valence-electron chi connectivity index (χ0n) is 14.8. The Balaban J connectivity index is 1.95. The number of benzene rings is 1. The Morgan fingerprint density at radius 1 is 1.28 bits per heavy atom. The Morgan fingerprint density at radius 3 is 2.60 bits per heavy atom. The van der Waals surface area contributed by atoms with Gasteiger partial charge in [-0.15, -0.1) is 0 Å². The molecule has 0 aliphatic carbocycles. The lowest BCUT2D eigenvalue weighted by molar-refractivity contribution is 0.0935. The molecule has 0 spiro atoms. The van der Waals surface area contributed by atoms with Crippen LogP contribution in [0.25, 0.3) is 10.8 Å². The number of nitrogens with one attached hydrogen (secondary N) is 2. The van der Waals surface area contributed by atoms with E-state index in [1.165, 1.54) is 0 Å². The molecule has 1 atom stereocenters. The number of hydrogen-bond acceptors (Lipinski definition) is 4. The van der Waals surface area contributed by atoms with Gasteiger partial charge in [0.25, 0.3) is 11.5 Å². The molecule has 25 heavy (non-hydrogen) atoms. The molecule has 0 saturated carbocycles. The van der Waals surface area contributed by atoms with E-state index in [1.807, 2.05) is 32.4 Å². The van der Waals surface area contributed by atoms with Gasteiger partial charge in [0, 0.05) is 23.2 Å². The first-order chi connectivity index (χ1) is 11.9. The predicted octanol–water partition coefficient (Wildman–Crippen LogP) is 2.25. The lowest BCUT2D eigenvalue weighted by Gasteiger charge is -2.15. The van der Waals surface area contributed by atoms with Crippen LogP contribution in [0.5, 0.6) is 0 Å². The van der Waals surface area contributed by atoms with Gasteiger partial charge in [0.2, 0.25) is 0 Å². The van der Waals surface area contributed by atoms with E-state index in [1.54, 1.807) is 24.3 Å². The molecule has 2 N–H and O–H groups in total. The van der Waals surface area contributed by atoms with Crippen LogP contribution in [-0.4, -0.2) is 25.9 Å². The number of rotatable bonds is 4. The zero-order chi connectivity index (χ0) is 18.1. The molecule has 0 saturated heterocycles. The van der Waals surface area contributed by atoms with E-state index in [4.69, 9.17) is 0 Å². The zero-order valence-corrected chi connectivity index (χ0v) is 14.8. The van der Waals surface area contributed by atoms with Crippen molar-refractivity contribution in [2.45, 2.75) is 40.3 Å². The van der Waals surface area contributed by atoms with Crippen molar-refractivity contribution in [2.24, 2.45) is 0 Å². The monoisotopic (exact) mass is 339 g/mol. The average Bonchev–Trinajstić information content (AvgIpc) is 2.89. The van der Waals surface area contributed by atoms with Gasteiger partial charge in [-0.3, -0.25) is 14.3 Å². The maximum atomic E-state index is 12.7. The van der Waals surface area contributed by atoms with Crippen LogP contribution < -0.4 is 10.9 Å². The normalized spacial score (nSPS) is 12.3. The summed E-state index contributed by atoms with van der Waals surface area (Å²) in [4.78, 5) is 24.6. The summed E-state index contributed by atoms with van der Waals surface area (Å²) in [6.07, 6.45) is 0. The number of fused-ring (bicyclic) bond motifs is 1. The molecule has 0 radical (unpaired) electrons. The molecule has 130 valence electrons. The standard InChI is InChI=1S/C18H21N5O2/c1-5-23-12(4)15(11(3)22-23)10(2)19-18(25)16-13-8-6-7-9-14(13)17(24)21-20-16/h6-10H,5H2,1-4H3,(H,19,25)(H,21,24)/t10-/m1/s1. The van der Waals surface area contributed by atoms with Crippen molar-refractivity contribution in [3.05, 3.63) is 57.3 Å². The maximum absolute atomic E-state index is 12.7. The molecule has 0 bridgehead atoms. The highest BCUT2D eigenvalue weighted by Gasteiger charge is 2.21. The molecular formula is C18H21N5O2. The summed E-state index contributed by atoms with van der Waals surface area (Å²) in [6, 6.07) is 6.72. The van der Waals surface area contributed by atoms with Gasteiger partial charge in [-0.2, -0.15) is 10.2 Å². The van der Waals surface area contributed by atoms with E-state index in [9.17, 15) is 9.59 Å². The average molecular weight is 339 g/mol. The lowest BCUT2D eigenvalue weighted by atomic mass is 10.1. The largest absolute Gasteiger partial charge is 0.344 e. The SMILES string of the molecule is CCn1nc(C)c([C@@H](C)NC(=O)c2n[nH]c(=O)c3ccccc23)c1C. The smallest absolute Gasteiger partial charge is 0.272 e. The Kier molecular flexibility index (Phi) is 4.39. The molecule has 2 heterocycles. The van der Waals surface area contributed by atoms with Gasteiger partial charge in [0.1, 0.15) is 0 Å². The molecule has 0 aliphatic heterocycles. The summed E-state index contributed by atoms with van der Waals surface area (Å²) >= 11 is 0. The molecule has 3 aromatic rings. The van der Waals surface area contributed by atoms with Crippen molar-refractivity contribution >= 4 is 16.7 Å². The van der Waals surface area contributed by atoms with Crippen molar-refractivity contribution in [1.82, 2.24) is 25.3 Å². The Bertz CT molecular complexity index is 1000. The Hall–Kier alpha value is -2.96. The second-order valence-corrected chi connectivity index (χ2v) is 6.04. The van der Waals surface area contributed by atoms with Gasteiger partial charge >= 0.3 is 0 Å². The van der Waals surface area contributed by atoms with Gasteiger partial charge in [-0.05, 0) is 33.8 Å². The number of carbonyl (C=O) groups excluding carboxylic acids is 1. The van der Waals surface area contributed by atoms with E-state index < -0.39 is 0 Å². The molecule has 1 amide bonds. The van der Waals surface area contributed by atoms with Gasteiger partial charge in [0.05, 0.1) is 17.1 Å². The van der Waals surface area contributed by atoms with Crippen LogP contribution in [-0.2, 0) is 6.54 Å². The van der Waals surface area contributed by atoms with Crippen LogP contribution in [0.3, 0.4) is 0 Å². The van der Waals surface area contributed by atoms with Crippen LogP contribution in [0.2, 0.25) is 0 Å². The fraction of sp³-hybridized carbons (Fsp3) is 0.333. The highest BCUT2D eigenvalue weighted by Crippen LogP contribution is 2.22. The van der Waals surface area contributed by atoms with Crippen LogP contribution in [0.15, 0.2) is 29.1 Å². The van der Waals surface area contributed by atoms with Crippen molar-refractivity contribution < 1.29 is 4.79 Å². The van der Waals surface area contributed by atoms with E-state index in [-0.39, 0.29) is 23.2 Å². The molecular weight excluding hydrogens is 318 g/mol. The van der Waals surface area contributed by atoms with Crippen molar-refractivity contribution in [3.63, 3.8) is 0 Å². The van der Waals surface area contributed by atoms with Crippen LogP contribution in [0, 0.1) is 13.8 Å². The number of H-pyrrole nitrogens is 1. The van der Waals surface area contributed by atoms with Gasteiger partial charge in [-0.25, -0.2) is 5.10 Å². The van der Waals surface area contributed by atoms with Crippen molar-refractivity contribution in [2.75, 3.05) is 0 Å². The maximum Gasteiger partial charge on any atom is 0.272 e. The van der Waals surface area contributed by atoms with E-state index in [0.29, 0.717) is 10.8 Å². The highest BCUT2D eigenvalue weighted by molar-refractivity contribution is 6.04. The number of carbonyl (C=O) groups is 1. The third-order valence-corrected chi connectivity index (χ3v) is 4.43. The third-order valence-electron chi connectivity index (χ3n) is 4.43. The summed E-state index contributed by atoms with van der Waals surface area (Å²) in [5, 5.41) is 14.8. The quantitative estimate of drug-likeness (QED) is 0.762. The Labute approximate surface area is 145 Å². The molecule has 0 fully saturated rings. The van der Waals surface area contributed by atoms with Gasteiger partial charge < -0.3 is 5.32 Å². The number of aryl methyl sites for hydroxylation is 2. The Morgan fingerprint density at radius 2 is 1.96 bits per heavy atom. The number of amides is 1. The van der Waals surface area contributed by atoms with Gasteiger partial charge in [-0.1, -0.05) is 18.2 Å². The van der Waals surface area contributed by atoms with Crippen molar-refractivity contribution in [3.8, 4) is 0 Å². The second kappa shape index (κ2) is 6.51. The minimum absolute atomic E-state index is 0.209. The van der Waals surface area contributed by atoms with Crippen LogP contribution in [0.1, 0.15) is 47.3 Å². The summed E-state index contributed by atoms with van der Waals surface area (Å²) in [5.41, 5.74) is 2.83. The fourth-order valence-electron chi connectivity index (χ4n) is 3.27. The minimum atomic E-state index is -0.331. The molecule has 7 heteroatoms. The number of aromatic nitrogens is 4. The van der Waals surface area contributed by atoms with Crippen LogP contribution >= 0.6 is 0 Å². The van der Waals surface area contributed by atoms with Crippen molar-refractivity contribution in [1.29, 1.82) is 0 Å². The van der Waals surface area contributed by atoms with E-state index in [0.717, 1.165) is 23.5 Å². The van der Waals surface area contributed by atoms with E-state index in [2.05, 4.69) is 20.6 Å². The van der Waals surface area contributed by atoms with E-state index >= 15 is 0 Å². The molecule has 7 nitrogen and oxygen atoms in total. The first kappa shape index (κ1) is 16.9. The molecule has 0 unspecified atom stereocenters. The summed E-state index contributed by atoms with van der Waals surface area (Å²) < 4.78 is 1.92. The highest BCUT2D eigenvalue weighted by atomic mass is 16.2. The number of nitrogens with zero attached hydrogens (tertiary/aromatic N) is 3. The van der Waals surface area contributed by atoms with Gasteiger partial charge in [0.15, 0.2) is 5.69 Å². The summed E-state index contributed by atoms with van der Waals surface area (Å²) in [6.45, 7) is 8.66.